The van der Waals surface area contributed by atoms with E-state index in [1.807, 2.05) is 43.1 Å². The quantitative estimate of drug-likeness (QED) is 0.738. The second-order valence-corrected chi connectivity index (χ2v) is 6.42. The minimum atomic E-state index is -0.00382. The highest BCUT2D eigenvalue weighted by Crippen LogP contribution is 2.30. The van der Waals surface area contributed by atoms with E-state index in [1.165, 1.54) is 0 Å². The SMILES string of the molecule is Cc1noc(C)c1CC(=O)N1Cc2nccn2C[C@@H]1c1ccccc1. The number of amides is 1. The lowest BCUT2D eigenvalue weighted by atomic mass is 10.0. The third-order valence-electron chi connectivity index (χ3n) is 4.87. The van der Waals surface area contributed by atoms with E-state index in [-0.39, 0.29) is 11.9 Å². The first-order valence-corrected chi connectivity index (χ1v) is 8.39. The zero-order valence-corrected chi connectivity index (χ0v) is 14.3. The molecule has 4 rings (SSSR count). The van der Waals surface area contributed by atoms with Gasteiger partial charge >= 0.3 is 0 Å². The van der Waals surface area contributed by atoms with Crippen LogP contribution in [0.25, 0.3) is 0 Å². The first-order chi connectivity index (χ1) is 12.1. The Morgan fingerprint density at radius 1 is 1.28 bits per heavy atom. The van der Waals surface area contributed by atoms with Gasteiger partial charge in [-0.15, -0.1) is 0 Å². The Hall–Kier alpha value is -2.89. The summed E-state index contributed by atoms with van der Waals surface area (Å²) >= 11 is 0. The lowest BCUT2D eigenvalue weighted by Crippen LogP contribution is -2.41. The van der Waals surface area contributed by atoms with Crippen molar-refractivity contribution in [1.82, 2.24) is 19.6 Å². The number of aryl methyl sites for hydroxylation is 2. The van der Waals surface area contributed by atoms with Gasteiger partial charge in [-0.05, 0) is 19.4 Å². The summed E-state index contributed by atoms with van der Waals surface area (Å²) in [5, 5.41) is 3.96. The number of fused-ring (bicyclic) bond motifs is 1. The number of benzene rings is 1. The van der Waals surface area contributed by atoms with Crippen molar-refractivity contribution in [3.05, 3.63) is 71.1 Å². The van der Waals surface area contributed by atoms with Gasteiger partial charge in [0, 0.05) is 24.5 Å². The molecule has 1 atom stereocenters. The summed E-state index contributed by atoms with van der Waals surface area (Å²) in [6.07, 6.45) is 4.06. The Kier molecular flexibility index (Phi) is 3.87. The number of rotatable bonds is 3. The zero-order valence-electron chi connectivity index (χ0n) is 14.3. The van der Waals surface area contributed by atoms with Crippen LogP contribution in [0.3, 0.4) is 0 Å². The van der Waals surface area contributed by atoms with E-state index in [9.17, 15) is 4.79 Å². The van der Waals surface area contributed by atoms with Crippen LogP contribution >= 0.6 is 0 Å². The van der Waals surface area contributed by atoms with E-state index in [0.717, 1.165) is 22.6 Å². The van der Waals surface area contributed by atoms with Gasteiger partial charge in [0.25, 0.3) is 0 Å². The Morgan fingerprint density at radius 3 is 2.80 bits per heavy atom. The number of carbonyl (C=O) groups excluding carboxylic acids is 1. The lowest BCUT2D eigenvalue weighted by molar-refractivity contribution is -0.135. The van der Waals surface area contributed by atoms with Crippen LogP contribution in [0.15, 0.2) is 47.2 Å². The van der Waals surface area contributed by atoms with Gasteiger partial charge in [0.15, 0.2) is 0 Å². The highest BCUT2D eigenvalue weighted by atomic mass is 16.5. The molecule has 6 nitrogen and oxygen atoms in total. The lowest BCUT2D eigenvalue weighted by Gasteiger charge is -2.36. The van der Waals surface area contributed by atoms with Gasteiger partial charge < -0.3 is 14.0 Å². The van der Waals surface area contributed by atoms with Gasteiger partial charge in [0.2, 0.25) is 5.91 Å². The molecule has 0 unspecified atom stereocenters. The molecule has 128 valence electrons. The van der Waals surface area contributed by atoms with Crippen LogP contribution in [-0.4, -0.2) is 25.5 Å². The fraction of sp³-hybridized carbons (Fsp3) is 0.316. The van der Waals surface area contributed by atoms with Gasteiger partial charge in [-0.2, -0.15) is 0 Å². The third-order valence-corrected chi connectivity index (χ3v) is 4.87. The van der Waals surface area contributed by atoms with Gasteiger partial charge in [0.1, 0.15) is 11.6 Å². The Balaban J connectivity index is 1.66. The smallest absolute Gasteiger partial charge is 0.228 e. The first-order valence-electron chi connectivity index (χ1n) is 8.39. The van der Waals surface area contributed by atoms with Crippen LogP contribution in [0.1, 0.15) is 34.4 Å². The third kappa shape index (κ3) is 2.84. The van der Waals surface area contributed by atoms with Gasteiger partial charge in [-0.1, -0.05) is 35.5 Å². The second-order valence-electron chi connectivity index (χ2n) is 6.42. The maximum atomic E-state index is 13.1. The maximum absolute atomic E-state index is 13.1. The minimum Gasteiger partial charge on any atom is -0.361 e. The van der Waals surface area contributed by atoms with Crippen LogP contribution in [0.4, 0.5) is 0 Å². The first kappa shape index (κ1) is 15.6. The molecule has 1 aliphatic rings. The molecular formula is C19H20N4O2. The normalized spacial score (nSPS) is 16.7. The number of hydrogen-bond acceptors (Lipinski definition) is 4. The van der Waals surface area contributed by atoms with E-state index in [4.69, 9.17) is 4.52 Å². The zero-order chi connectivity index (χ0) is 17.4. The highest BCUT2D eigenvalue weighted by molar-refractivity contribution is 5.79. The molecule has 3 heterocycles. The van der Waals surface area contributed by atoms with Gasteiger partial charge in [0.05, 0.1) is 24.7 Å². The van der Waals surface area contributed by atoms with E-state index in [0.29, 0.717) is 25.3 Å². The number of nitrogens with zero attached hydrogens (tertiary/aromatic N) is 4. The predicted molar refractivity (Wildman–Crippen MR) is 91.6 cm³/mol. The Morgan fingerprint density at radius 2 is 2.08 bits per heavy atom. The molecular weight excluding hydrogens is 316 g/mol. The molecule has 6 heteroatoms. The predicted octanol–water partition coefficient (Wildman–Crippen LogP) is 2.81. The largest absolute Gasteiger partial charge is 0.361 e. The standard InChI is InChI=1S/C19H20N4O2/c1-13-16(14(2)25-21-13)10-19(24)23-12-18-20-8-9-22(18)11-17(23)15-6-4-3-5-7-15/h3-9,17H,10-12H2,1-2H3/t17-/m1/s1. The number of hydrogen-bond donors (Lipinski definition) is 0. The molecule has 3 aromatic rings. The van der Waals surface area contributed by atoms with Crippen LogP contribution in [0.2, 0.25) is 0 Å². The Labute approximate surface area is 146 Å². The summed E-state index contributed by atoms with van der Waals surface area (Å²) in [5.74, 6) is 1.69. The van der Waals surface area contributed by atoms with Crippen LogP contribution < -0.4 is 0 Å². The van der Waals surface area contributed by atoms with Crippen molar-refractivity contribution in [2.24, 2.45) is 0 Å². The van der Waals surface area contributed by atoms with Crippen molar-refractivity contribution in [2.45, 2.75) is 39.4 Å². The number of aromatic nitrogens is 3. The number of carbonyl (C=O) groups is 1. The van der Waals surface area contributed by atoms with Crippen molar-refractivity contribution in [3.63, 3.8) is 0 Å². The van der Waals surface area contributed by atoms with Crippen molar-refractivity contribution in [3.8, 4) is 0 Å². The van der Waals surface area contributed by atoms with Crippen LogP contribution in [-0.2, 0) is 24.3 Å². The Bertz CT molecular complexity index is 878. The summed E-state index contributed by atoms with van der Waals surface area (Å²) in [7, 11) is 0. The molecule has 0 aliphatic carbocycles. The molecule has 25 heavy (non-hydrogen) atoms. The second kappa shape index (κ2) is 6.20. The molecule has 1 aliphatic heterocycles. The molecule has 2 aromatic heterocycles. The van der Waals surface area contributed by atoms with E-state index in [1.54, 1.807) is 6.20 Å². The van der Waals surface area contributed by atoms with Crippen molar-refractivity contribution in [1.29, 1.82) is 0 Å². The molecule has 0 N–H and O–H groups in total. The molecule has 0 saturated heterocycles. The number of imidazole rings is 1. The highest BCUT2D eigenvalue weighted by Gasteiger charge is 2.32. The minimum absolute atomic E-state index is 0.00382. The molecule has 0 fully saturated rings. The van der Waals surface area contributed by atoms with E-state index < -0.39 is 0 Å². The van der Waals surface area contributed by atoms with Gasteiger partial charge in [-0.25, -0.2) is 4.98 Å². The molecule has 0 radical (unpaired) electrons. The molecule has 1 amide bonds. The van der Waals surface area contributed by atoms with Crippen LogP contribution in [0.5, 0.6) is 0 Å². The van der Waals surface area contributed by atoms with E-state index >= 15 is 0 Å². The summed E-state index contributed by atoms with van der Waals surface area (Å²) in [6, 6.07) is 10.2. The average Bonchev–Trinajstić information content (AvgIpc) is 3.22. The summed E-state index contributed by atoms with van der Waals surface area (Å²) in [4.78, 5) is 19.4. The summed E-state index contributed by atoms with van der Waals surface area (Å²) in [6.45, 7) is 4.94. The fourth-order valence-electron chi connectivity index (χ4n) is 3.43. The molecule has 0 saturated carbocycles. The molecule has 0 spiro atoms. The maximum Gasteiger partial charge on any atom is 0.228 e. The van der Waals surface area contributed by atoms with E-state index in [2.05, 4.69) is 26.8 Å². The van der Waals surface area contributed by atoms with Gasteiger partial charge in [-0.3, -0.25) is 4.79 Å². The summed E-state index contributed by atoms with van der Waals surface area (Å²) < 4.78 is 7.32. The van der Waals surface area contributed by atoms with Crippen molar-refractivity contribution < 1.29 is 9.32 Å². The monoisotopic (exact) mass is 336 g/mol. The van der Waals surface area contributed by atoms with Crippen molar-refractivity contribution in [2.75, 3.05) is 0 Å². The summed E-state index contributed by atoms with van der Waals surface area (Å²) in [5.41, 5.74) is 2.79. The molecule has 0 bridgehead atoms. The fourth-order valence-corrected chi connectivity index (χ4v) is 3.43. The van der Waals surface area contributed by atoms with Crippen molar-refractivity contribution >= 4 is 5.91 Å². The topological polar surface area (TPSA) is 64.2 Å². The molecule has 1 aromatic carbocycles. The average molecular weight is 336 g/mol. The van der Waals surface area contributed by atoms with Crippen LogP contribution in [0, 0.1) is 13.8 Å².